The van der Waals surface area contributed by atoms with Gasteiger partial charge >= 0.3 is 7.75 Å². The summed E-state index contributed by atoms with van der Waals surface area (Å²) in [6, 6.07) is 16.9. The summed E-state index contributed by atoms with van der Waals surface area (Å²) in [5.74, 6) is -0.00699. The van der Waals surface area contributed by atoms with Crippen LogP contribution in [0.5, 0.6) is 11.5 Å². The Balaban J connectivity index is 2.23. The van der Waals surface area contributed by atoms with Crippen molar-refractivity contribution >= 4 is 13.7 Å². The van der Waals surface area contributed by atoms with E-state index in [0.717, 1.165) is 6.08 Å². The van der Waals surface area contributed by atoms with Gasteiger partial charge in [0.15, 0.2) is 0 Å². The molecule has 0 spiro atoms. The Hall–Kier alpha value is -2.52. The fourth-order valence-electron chi connectivity index (χ4n) is 1.49. The average Bonchev–Trinajstić information content (AvgIpc) is 2.48. The molecular formula is C15H14NO4P. The number of carbonyl (C=O) groups is 1. The van der Waals surface area contributed by atoms with Crippen LogP contribution in [-0.4, -0.2) is 5.91 Å². The topological polar surface area (TPSA) is 64.6 Å². The molecule has 1 N–H and O–H groups in total. The van der Waals surface area contributed by atoms with E-state index in [1.54, 1.807) is 60.7 Å². The minimum absolute atomic E-state index is 0.320. The molecule has 21 heavy (non-hydrogen) atoms. The lowest BCUT2D eigenvalue weighted by molar-refractivity contribution is -0.115. The largest absolute Gasteiger partial charge is 0.544 e. The summed E-state index contributed by atoms with van der Waals surface area (Å²) in [4.78, 5) is 11.4. The van der Waals surface area contributed by atoms with Crippen LogP contribution < -0.4 is 14.1 Å². The van der Waals surface area contributed by atoms with Crippen LogP contribution in [0.2, 0.25) is 0 Å². The summed E-state index contributed by atoms with van der Waals surface area (Å²) in [7, 11) is -3.91. The molecule has 0 atom stereocenters. The van der Waals surface area contributed by atoms with Crippen molar-refractivity contribution in [2.24, 2.45) is 0 Å². The Morgan fingerprint density at radius 3 is 1.76 bits per heavy atom. The third-order valence-electron chi connectivity index (χ3n) is 2.37. The quantitative estimate of drug-likeness (QED) is 0.654. The van der Waals surface area contributed by atoms with Gasteiger partial charge in [-0.2, -0.15) is 0 Å². The van der Waals surface area contributed by atoms with E-state index < -0.39 is 13.7 Å². The molecular weight excluding hydrogens is 289 g/mol. The zero-order valence-electron chi connectivity index (χ0n) is 11.1. The second-order valence-corrected chi connectivity index (χ2v) is 5.57. The predicted molar refractivity (Wildman–Crippen MR) is 80.1 cm³/mol. The standard InChI is InChI=1S/C15H14NO4P/c1-2-15(17)16-21(18,19-13-9-5-3-6-10-13)20-14-11-7-4-8-12-14/h2-12H,1H2,(H,16,17,18). The maximum absolute atomic E-state index is 12.7. The molecule has 0 unspecified atom stereocenters. The van der Waals surface area contributed by atoms with Crippen LogP contribution in [0.3, 0.4) is 0 Å². The molecule has 0 aliphatic rings. The first-order valence-corrected chi connectivity index (χ1v) is 7.69. The molecule has 5 nitrogen and oxygen atoms in total. The Kier molecular flexibility index (Phi) is 4.80. The van der Waals surface area contributed by atoms with Gasteiger partial charge in [0.2, 0.25) is 0 Å². The fourth-order valence-corrected chi connectivity index (χ4v) is 2.77. The lowest BCUT2D eigenvalue weighted by Crippen LogP contribution is -2.23. The molecule has 0 aromatic heterocycles. The van der Waals surface area contributed by atoms with Gasteiger partial charge in [-0.3, -0.25) is 4.79 Å². The summed E-state index contributed by atoms with van der Waals surface area (Å²) in [6.07, 6.45) is 0.995. The van der Waals surface area contributed by atoms with E-state index in [1.165, 1.54) is 0 Å². The first-order valence-electron chi connectivity index (χ1n) is 6.15. The molecule has 0 radical (unpaired) electrons. The summed E-state index contributed by atoms with van der Waals surface area (Å²) in [6.45, 7) is 3.31. The first kappa shape index (κ1) is 14.9. The summed E-state index contributed by atoms with van der Waals surface area (Å²) in [5, 5.41) is 2.19. The van der Waals surface area contributed by atoms with E-state index in [2.05, 4.69) is 11.7 Å². The van der Waals surface area contributed by atoms with Crippen molar-refractivity contribution < 1.29 is 18.4 Å². The van der Waals surface area contributed by atoms with Crippen molar-refractivity contribution in [1.82, 2.24) is 5.09 Å². The Morgan fingerprint density at radius 2 is 1.38 bits per heavy atom. The number of carbonyl (C=O) groups excluding carboxylic acids is 1. The van der Waals surface area contributed by atoms with E-state index in [1.807, 2.05) is 0 Å². The molecule has 6 heteroatoms. The third kappa shape index (κ3) is 4.51. The van der Waals surface area contributed by atoms with Gasteiger partial charge in [0.05, 0.1) is 0 Å². The molecule has 0 aliphatic heterocycles. The Morgan fingerprint density at radius 1 is 0.952 bits per heavy atom. The van der Waals surface area contributed by atoms with Crippen molar-refractivity contribution in [3.05, 3.63) is 73.3 Å². The van der Waals surface area contributed by atoms with Gasteiger partial charge in [0, 0.05) is 0 Å². The molecule has 0 saturated carbocycles. The number of hydrogen-bond acceptors (Lipinski definition) is 4. The van der Waals surface area contributed by atoms with Crippen LogP contribution in [0.1, 0.15) is 0 Å². The second-order valence-electron chi connectivity index (χ2n) is 3.99. The lowest BCUT2D eigenvalue weighted by Gasteiger charge is -2.19. The van der Waals surface area contributed by atoms with Crippen molar-refractivity contribution in [3.8, 4) is 11.5 Å². The zero-order valence-corrected chi connectivity index (χ0v) is 12.0. The average molecular weight is 303 g/mol. The first-order chi connectivity index (χ1) is 10.1. The van der Waals surface area contributed by atoms with Crippen molar-refractivity contribution in [2.75, 3.05) is 0 Å². The molecule has 0 saturated heterocycles. The molecule has 2 aromatic rings. The maximum Gasteiger partial charge on any atom is 0.544 e. The zero-order chi connectivity index (χ0) is 15.1. The Bertz CT molecular complexity index is 612. The monoisotopic (exact) mass is 303 g/mol. The highest BCUT2D eigenvalue weighted by molar-refractivity contribution is 7.53. The van der Waals surface area contributed by atoms with Gasteiger partial charge in [-0.1, -0.05) is 43.0 Å². The molecule has 0 aliphatic carbocycles. The van der Waals surface area contributed by atoms with E-state index in [9.17, 15) is 9.36 Å². The summed E-state index contributed by atoms with van der Waals surface area (Å²) in [5.41, 5.74) is 0. The van der Waals surface area contributed by atoms with Crippen molar-refractivity contribution in [1.29, 1.82) is 0 Å². The van der Waals surface area contributed by atoms with Crippen LogP contribution >= 0.6 is 7.75 Å². The molecule has 2 rings (SSSR count). The van der Waals surface area contributed by atoms with E-state index in [-0.39, 0.29) is 0 Å². The number of amides is 1. The molecule has 0 fully saturated rings. The lowest BCUT2D eigenvalue weighted by atomic mass is 10.3. The van der Waals surface area contributed by atoms with Gasteiger partial charge in [-0.25, -0.2) is 9.65 Å². The van der Waals surface area contributed by atoms with Gasteiger partial charge < -0.3 is 9.05 Å². The van der Waals surface area contributed by atoms with Crippen LogP contribution in [-0.2, 0) is 9.36 Å². The SMILES string of the molecule is C=CC(=O)NP(=O)(Oc1ccccc1)Oc1ccccc1. The maximum atomic E-state index is 12.7. The molecule has 0 bridgehead atoms. The van der Waals surface area contributed by atoms with Crippen LogP contribution in [0, 0.1) is 0 Å². The van der Waals surface area contributed by atoms with E-state index >= 15 is 0 Å². The van der Waals surface area contributed by atoms with Gasteiger partial charge in [0.1, 0.15) is 11.5 Å². The Labute approximate surface area is 122 Å². The third-order valence-corrected chi connectivity index (χ3v) is 3.77. The normalized spacial score (nSPS) is 10.5. The minimum Gasteiger partial charge on any atom is -0.400 e. The van der Waals surface area contributed by atoms with Crippen LogP contribution in [0.25, 0.3) is 0 Å². The van der Waals surface area contributed by atoms with Crippen molar-refractivity contribution in [3.63, 3.8) is 0 Å². The summed E-state index contributed by atoms with van der Waals surface area (Å²) < 4.78 is 23.4. The predicted octanol–water partition coefficient (Wildman–Crippen LogP) is 3.55. The van der Waals surface area contributed by atoms with Crippen molar-refractivity contribution in [2.45, 2.75) is 0 Å². The van der Waals surface area contributed by atoms with E-state index in [0.29, 0.717) is 11.5 Å². The van der Waals surface area contributed by atoms with Crippen LogP contribution in [0.15, 0.2) is 73.3 Å². The highest BCUT2D eigenvalue weighted by Gasteiger charge is 2.30. The molecule has 0 heterocycles. The number of rotatable bonds is 6. The smallest absolute Gasteiger partial charge is 0.400 e. The van der Waals surface area contributed by atoms with Gasteiger partial charge in [-0.05, 0) is 30.3 Å². The molecule has 108 valence electrons. The number of benzene rings is 2. The van der Waals surface area contributed by atoms with Crippen LogP contribution in [0.4, 0.5) is 0 Å². The number of hydrogen-bond donors (Lipinski definition) is 1. The fraction of sp³-hybridized carbons (Fsp3) is 0. The molecule has 1 amide bonds. The number of nitrogens with one attached hydrogen (secondary N) is 1. The van der Waals surface area contributed by atoms with Gasteiger partial charge in [-0.15, -0.1) is 0 Å². The summed E-state index contributed by atoms with van der Waals surface area (Å²) >= 11 is 0. The molecule has 2 aromatic carbocycles. The minimum atomic E-state index is -3.91. The van der Waals surface area contributed by atoms with Gasteiger partial charge in [0.25, 0.3) is 5.91 Å². The van der Waals surface area contributed by atoms with E-state index in [4.69, 9.17) is 9.05 Å². The second kappa shape index (κ2) is 6.77. The highest BCUT2D eigenvalue weighted by Crippen LogP contribution is 2.44. The highest BCUT2D eigenvalue weighted by atomic mass is 31.2. The number of para-hydroxylation sites is 2.